The summed E-state index contributed by atoms with van der Waals surface area (Å²) in [5, 5.41) is 9.09. The van der Waals surface area contributed by atoms with Crippen LogP contribution in [0.15, 0.2) is 18.3 Å². The number of pyridine rings is 1. The van der Waals surface area contributed by atoms with Gasteiger partial charge in [0, 0.05) is 25.9 Å². The number of aliphatic hydroxyl groups is 1. The topological polar surface area (TPSA) is 53.4 Å². The maximum Gasteiger partial charge on any atom is 0.258 e. The summed E-state index contributed by atoms with van der Waals surface area (Å²) in [6.07, 6.45) is 3.08. The van der Waals surface area contributed by atoms with E-state index in [2.05, 4.69) is 4.98 Å². The molecule has 1 unspecified atom stereocenters. The molecule has 0 radical (unpaired) electrons. The van der Waals surface area contributed by atoms with Gasteiger partial charge >= 0.3 is 0 Å². The Morgan fingerprint density at radius 2 is 2.47 bits per heavy atom. The van der Waals surface area contributed by atoms with Crippen molar-refractivity contribution in [2.75, 3.05) is 19.7 Å². The quantitative estimate of drug-likeness (QED) is 0.784. The van der Waals surface area contributed by atoms with Crippen LogP contribution in [-0.4, -0.2) is 40.6 Å². The van der Waals surface area contributed by atoms with E-state index in [1.54, 1.807) is 11.0 Å². The van der Waals surface area contributed by atoms with Crippen molar-refractivity contribution >= 4 is 5.91 Å². The van der Waals surface area contributed by atoms with Gasteiger partial charge in [0.1, 0.15) is 0 Å². The van der Waals surface area contributed by atoms with Crippen molar-refractivity contribution in [2.24, 2.45) is 5.92 Å². The Balaban J connectivity index is 2.12. The smallest absolute Gasteiger partial charge is 0.258 e. The van der Waals surface area contributed by atoms with Gasteiger partial charge in [0.25, 0.3) is 5.91 Å². The second kappa shape index (κ2) is 5.23. The van der Waals surface area contributed by atoms with Crippen LogP contribution in [0.2, 0.25) is 0 Å². The molecule has 1 aromatic heterocycles. The number of piperidine rings is 1. The van der Waals surface area contributed by atoms with Crippen LogP contribution in [0.3, 0.4) is 0 Å². The van der Waals surface area contributed by atoms with E-state index < -0.39 is 5.95 Å². The summed E-state index contributed by atoms with van der Waals surface area (Å²) >= 11 is 0. The van der Waals surface area contributed by atoms with Crippen LogP contribution < -0.4 is 0 Å². The van der Waals surface area contributed by atoms with Crippen LogP contribution in [0.4, 0.5) is 4.39 Å². The van der Waals surface area contributed by atoms with E-state index in [9.17, 15) is 9.18 Å². The number of hydrogen-bond acceptors (Lipinski definition) is 3. The molecule has 17 heavy (non-hydrogen) atoms. The van der Waals surface area contributed by atoms with Crippen molar-refractivity contribution < 1.29 is 14.3 Å². The van der Waals surface area contributed by atoms with Gasteiger partial charge in [-0.2, -0.15) is 4.39 Å². The molecule has 0 bridgehead atoms. The number of aromatic nitrogens is 1. The summed E-state index contributed by atoms with van der Waals surface area (Å²) in [6, 6.07) is 2.98. The molecule has 4 nitrogen and oxygen atoms in total. The van der Waals surface area contributed by atoms with Crippen molar-refractivity contribution in [2.45, 2.75) is 12.8 Å². The highest BCUT2D eigenvalue weighted by Crippen LogP contribution is 2.18. The number of halogens is 1. The van der Waals surface area contributed by atoms with Crippen LogP contribution >= 0.6 is 0 Å². The van der Waals surface area contributed by atoms with Crippen LogP contribution in [0.1, 0.15) is 23.2 Å². The molecule has 1 N–H and O–H groups in total. The van der Waals surface area contributed by atoms with Gasteiger partial charge in [0.15, 0.2) is 0 Å². The highest BCUT2D eigenvalue weighted by molar-refractivity contribution is 5.94. The molecule has 1 amide bonds. The number of hydrogen-bond donors (Lipinski definition) is 1. The third-order valence-corrected chi connectivity index (χ3v) is 3.05. The number of carbonyl (C=O) groups is 1. The van der Waals surface area contributed by atoms with Gasteiger partial charge < -0.3 is 10.0 Å². The second-order valence-corrected chi connectivity index (χ2v) is 4.28. The standard InChI is InChI=1S/C12H15FN2O2/c13-11-10(4-1-5-14-11)12(17)15-6-2-3-9(7-15)8-16/h1,4-5,9,16H,2-3,6-8H2. The lowest BCUT2D eigenvalue weighted by molar-refractivity contribution is 0.0615. The third-order valence-electron chi connectivity index (χ3n) is 3.05. The van der Waals surface area contributed by atoms with E-state index >= 15 is 0 Å². The third kappa shape index (κ3) is 2.61. The fourth-order valence-electron chi connectivity index (χ4n) is 2.11. The lowest BCUT2D eigenvalue weighted by Crippen LogP contribution is -2.41. The van der Waals surface area contributed by atoms with Gasteiger partial charge in [0.2, 0.25) is 5.95 Å². The fourth-order valence-corrected chi connectivity index (χ4v) is 2.11. The molecule has 1 aromatic rings. The van der Waals surface area contributed by atoms with Gasteiger partial charge in [0.05, 0.1) is 5.56 Å². The summed E-state index contributed by atoms with van der Waals surface area (Å²) in [5.41, 5.74) is 0.00564. The molecule has 1 saturated heterocycles. The average Bonchev–Trinajstić information content (AvgIpc) is 2.38. The number of aliphatic hydroxyl groups excluding tert-OH is 1. The van der Waals surface area contributed by atoms with Crippen molar-refractivity contribution in [1.82, 2.24) is 9.88 Å². The highest BCUT2D eigenvalue weighted by Gasteiger charge is 2.25. The average molecular weight is 238 g/mol. The molecule has 2 heterocycles. The van der Waals surface area contributed by atoms with Crippen molar-refractivity contribution in [1.29, 1.82) is 0 Å². The van der Waals surface area contributed by atoms with Gasteiger partial charge in [-0.15, -0.1) is 0 Å². The molecule has 0 saturated carbocycles. The van der Waals surface area contributed by atoms with E-state index in [1.165, 1.54) is 12.3 Å². The van der Waals surface area contributed by atoms with Crippen molar-refractivity contribution in [3.8, 4) is 0 Å². The molecule has 1 atom stereocenters. The Hall–Kier alpha value is -1.49. The summed E-state index contributed by atoms with van der Waals surface area (Å²) in [6.45, 7) is 1.17. The minimum absolute atomic E-state index is 0.00564. The number of nitrogens with zero attached hydrogens (tertiary/aromatic N) is 2. The Morgan fingerprint density at radius 1 is 1.65 bits per heavy atom. The van der Waals surface area contributed by atoms with E-state index in [1.807, 2.05) is 0 Å². The lowest BCUT2D eigenvalue weighted by atomic mass is 9.98. The monoisotopic (exact) mass is 238 g/mol. The molecule has 0 aliphatic carbocycles. The van der Waals surface area contributed by atoms with Gasteiger partial charge in [-0.1, -0.05) is 0 Å². The molecule has 1 fully saturated rings. The van der Waals surface area contributed by atoms with Gasteiger partial charge in [-0.05, 0) is 30.9 Å². The first kappa shape index (κ1) is 12.0. The summed E-state index contributed by atoms with van der Waals surface area (Å²) in [4.78, 5) is 17.1. The van der Waals surface area contributed by atoms with Crippen LogP contribution in [0.5, 0.6) is 0 Å². The van der Waals surface area contributed by atoms with Crippen molar-refractivity contribution in [3.05, 3.63) is 29.8 Å². The van der Waals surface area contributed by atoms with Crippen LogP contribution in [-0.2, 0) is 0 Å². The molecule has 0 spiro atoms. The largest absolute Gasteiger partial charge is 0.396 e. The number of amides is 1. The number of rotatable bonds is 2. The fraction of sp³-hybridized carbons (Fsp3) is 0.500. The predicted octanol–water partition coefficient (Wildman–Crippen LogP) is 1.07. The molecule has 1 aliphatic rings. The zero-order chi connectivity index (χ0) is 12.3. The molecular weight excluding hydrogens is 223 g/mol. The van der Waals surface area contributed by atoms with E-state index in [0.717, 1.165) is 12.8 Å². The number of carbonyl (C=O) groups excluding carboxylic acids is 1. The highest BCUT2D eigenvalue weighted by atomic mass is 19.1. The van der Waals surface area contributed by atoms with E-state index in [4.69, 9.17) is 5.11 Å². The van der Waals surface area contributed by atoms with Gasteiger partial charge in [-0.25, -0.2) is 4.98 Å². The molecule has 0 aromatic carbocycles. The second-order valence-electron chi connectivity index (χ2n) is 4.28. The van der Waals surface area contributed by atoms with Crippen molar-refractivity contribution in [3.63, 3.8) is 0 Å². The SMILES string of the molecule is O=C(c1cccnc1F)N1CCCC(CO)C1. The Morgan fingerprint density at radius 3 is 3.18 bits per heavy atom. The maximum absolute atomic E-state index is 13.4. The summed E-state index contributed by atoms with van der Waals surface area (Å²) < 4.78 is 13.4. The lowest BCUT2D eigenvalue weighted by Gasteiger charge is -2.31. The molecular formula is C12H15FN2O2. The normalized spacial score (nSPS) is 20.4. The first-order valence-corrected chi connectivity index (χ1v) is 5.73. The molecule has 1 aliphatic heterocycles. The summed E-state index contributed by atoms with van der Waals surface area (Å²) in [5.74, 6) is -0.968. The van der Waals surface area contributed by atoms with E-state index in [-0.39, 0.29) is 24.0 Å². The van der Waals surface area contributed by atoms with Crippen LogP contribution in [0, 0.1) is 11.9 Å². The Kier molecular flexibility index (Phi) is 3.68. The molecule has 5 heteroatoms. The van der Waals surface area contributed by atoms with E-state index in [0.29, 0.717) is 13.1 Å². The summed E-state index contributed by atoms with van der Waals surface area (Å²) in [7, 11) is 0. The zero-order valence-electron chi connectivity index (χ0n) is 9.47. The molecule has 92 valence electrons. The first-order valence-electron chi connectivity index (χ1n) is 5.73. The molecule has 2 rings (SSSR count). The Bertz CT molecular complexity index is 411. The minimum atomic E-state index is -0.733. The predicted molar refractivity (Wildman–Crippen MR) is 59.9 cm³/mol. The Labute approximate surface area is 99.1 Å². The first-order chi connectivity index (χ1) is 8.22. The number of likely N-dealkylation sites (tertiary alicyclic amines) is 1. The zero-order valence-corrected chi connectivity index (χ0v) is 9.47. The maximum atomic E-state index is 13.4. The minimum Gasteiger partial charge on any atom is -0.396 e. The van der Waals surface area contributed by atoms with Gasteiger partial charge in [-0.3, -0.25) is 4.79 Å². The van der Waals surface area contributed by atoms with Crippen LogP contribution in [0.25, 0.3) is 0 Å².